The van der Waals surface area contributed by atoms with Crippen LogP contribution in [0.2, 0.25) is 0 Å². The van der Waals surface area contributed by atoms with Gasteiger partial charge in [-0.25, -0.2) is 0 Å². The fourth-order valence-corrected chi connectivity index (χ4v) is 2.44. The van der Waals surface area contributed by atoms with Crippen LogP contribution in [0.4, 0.5) is 24.5 Å². The number of hydrogen-bond donors (Lipinski definition) is 2. The zero-order valence-corrected chi connectivity index (χ0v) is 15.3. The maximum absolute atomic E-state index is 12.9. The van der Waals surface area contributed by atoms with Gasteiger partial charge in [-0.2, -0.15) is 13.2 Å². The van der Waals surface area contributed by atoms with Gasteiger partial charge in [0.2, 0.25) is 11.8 Å². The Labute approximate surface area is 155 Å². The van der Waals surface area contributed by atoms with E-state index in [0.29, 0.717) is 5.69 Å². The molecule has 0 atom stereocenters. The molecule has 0 saturated heterocycles. The SMILES string of the molecule is CC(C)(C)c1ccc(NC(=O)CC(=O)Nc2ccccc2C(F)(F)F)cc1. The molecule has 2 rings (SSSR count). The van der Waals surface area contributed by atoms with Crippen LogP contribution in [0, 0.1) is 0 Å². The Hall–Kier alpha value is -2.83. The van der Waals surface area contributed by atoms with E-state index < -0.39 is 30.0 Å². The molecule has 0 heterocycles. The number of anilines is 2. The van der Waals surface area contributed by atoms with E-state index in [4.69, 9.17) is 0 Å². The molecule has 0 aliphatic carbocycles. The maximum atomic E-state index is 12.9. The average Bonchev–Trinajstić information content (AvgIpc) is 2.53. The molecule has 4 nitrogen and oxygen atoms in total. The highest BCUT2D eigenvalue weighted by Crippen LogP contribution is 2.34. The van der Waals surface area contributed by atoms with Gasteiger partial charge in [-0.05, 0) is 35.2 Å². The molecule has 0 radical (unpaired) electrons. The number of halogens is 3. The van der Waals surface area contributed by atoms with E-state index in [1.165, 1.54) is 12.1 Å². The van der Waals surface area contributed by atoms with Crippen LogP contribution in [0.15, 0.2) is 48.5 Å². The minimum atomic E-state index is -4.60. The molecule has 0 aliphatic heterocycles. The van der Waals surface area contributed by atoms with Crippen LogP contribution in [0.1, 0.15) is 38.3 Å². The Morgan fingerprint density at radius 2 is 1.41 bits per heavy atom. The van der Waals surface area contributed by atoms with Crippen molar-refractivity contribution in [2.24, 2.45) is 0 Å². The van der Waals surface area contributed by atoms with Crippen LogP contribution in [-0.4, -0.2) is 11.8 Å². The van der Waals surface area contributed by atoms with Gasteiger partial charge < -0.3 is 10.6 Å². The minimum absolute atomic E-state index is 0.0334. The van der Waals surface area contributed by atoms with Crippen LogP contribution >= 0.6 is 0 Å². The molecule has 7 heteroatoms. The van der Waals surface area contributed by atoms with Gasteiger partial charge >= 0.3 is 6.18 Å². The van der Waals surface area contributed by atoms with E-state index in [0.717, 1.165) is 17.7 Å². The van der Waals surface area contributed by atoms with Crippen molar-refractivity contribution in [2.45, 2.75) is 38.8 Å². The molecule has 0 aromatic heterocycles. The van der Waals surface area contributed by atoms with Crippen LogP contribution in [0.25, 0.3) is 0 Å². The zero-order chi connectivity index (χ0) is 20.2. The molecule has 0 unspecified atom stereocenters. The van der Waals surface area contributed by atoms with Gasteiger partial charge in [0.15, 0.2) is 0 Å². The lowest BCUT2D eigenvalue weighted by atomic mass is 9.87. The lowest BCUT2D eigenvalue weighted by molar-refractivity contribution is -0.137. The molecule has 2 N–H and O–H groups in total. The van der Waals surface area contributed by atoms with Crippen LogP contribution < -0.4 is 10.6 Å². The molecule has 27 heavy (non-hydrogen) atoms. The summed E-state index contributed by atoms with van der Waals surface area (Å²) in [6, 6.07) is 11.8. The van der Waals surface area contributed by atoms with E-state index in [9.17, 15) is 22.8 Å². The van der Waals surface area contributed by atoms with Crippen molar-refractivity contribution in [3.63, 3.8) is 0 Å². The summed E-state index contributed by atoms with van der Waals surface area (Å²) in [7, 11) is 0. The topological polar surface area (TPSA) is 58.2 Å². The molecule has 0 fully saturated rings. The highest BCUT2D eigenvalue weighted by atomic mass is 19.4. The fourth-order valence-electron chi connectivity index (χ4n) is 2.44. The van der Waals surface area contributed by atoms with Crippen molar-refractivity contribution in [3.8, 4) is 0 Å². The summed E-state index contributed by atoms with van der Waals surface area (Å²) in [4.78, 5) is 23.9. The molecule has 0 aliphatic rings. The largest absolute Gasteiger partial charge is 0.418 e. The number of alkyl halides is 3. The number of para-hydroxylation sites is 1. The Morgan fingerprint density at radius 1 is 0.852 bits per heavy atom. The predicted molar refractivity (Wildman–Crippen MR) is 98.5 cm³/mol. The molecule has 144 valence electrons. The second-order valence-electron chi connectivity index (χ2n) is 7.14. The van der Waals surface area contributed by atoms with Crippen molar-refractivity contribution in [1.29, 1.82) is 0 Å². The standard InChI is InChI=1S/C20H21F3N2O2/c1-19(2,3)13-8-10-14(11-9-13)24-17(26)12-18(27)25-16-7-5-4-6-15(16)20(21,22)23/h4-11H,12H2,1-3H3,(H,24,26)(H,25,27). The first kappa shape index (κ1) is 20.5. The highest BCUT2D eigenvalue weighted by Gasteiger charge is 2.33. The third-order valence-corrected chi connectivity index (χ3v) is 3.86. The van der Waals surface area contributed by atoms with Crippen LogP contribution in [-0.2, 0) is 21.2 Å². The van der Waals surface area contributed by atoms with Gasteiger partial charge in [-0.1, -0.05) is 45.0 Å². The van der Waals surface area contributed by atoms with Gasteiger partial charge in [0.05, 0.1) is 11.3 Å². The van der Waals surface area contributed by atoms with E-state index in [1.54, 1.807) is 12.1 Å². The van der Waals surface area contributed by atoms with Gasteiger partial charge in [0.25, 0.3) is 0 Å². The van der Waals surface area contributed by atoms with Gasteiger partial charge in [0.1, 0.15) is 6.42 Å². The van der Waals surface area contributed by atoms with Crippen LogP contribution in [0.5, 0.6) is 0 Å². The molecule has 0 saturated carbocycles. The number of amides is 2. The predicted octanol–water partition coefficient (Wildman–Crippen LogP) is 4.97. The first-order valence-electron chi connectivity index (χ1n) is 8.33. The summed E-state index contributed by atoms with van der Waals surface area (Å²) in [5.74, 6) is -1.43. The van der Waals surface area contributed by atoms with Crippen LogP contribution in [0.3, 0.4) is 0 Å². The Balaban J connectivity index is 1.98. The summed E-state index contributed by atoms with van der Waals surface area (Å²) in [6.45, 7) is 6.18. The molecule has 2 aromatic carbocycles. The van der Waals surface area contributed by atoms with E-state index in [-0.39, 0.29) is 11.1 Å². The average molecular weight is 378 g/mol. The second-order valence-corrected chi connectivity index (χ2v) is 7.14. The van der Waals surface area contributed by atoms with Gasteiger partial charge in [-0.3, -0.25) is 9.59 Å². The summed E-state index contributed by atoms with van der Waals surface area (Å²) in [5, 5.41) is 4.70. The van der Waals surface area contributed by atoms with E-state index in [2.05, 4.69) is 31.4 Å². The summed E-state index contributed by atoms with van der Waals surface area (Å²) in [6.07, 6.45) is -5.19. The molecule has 0 spiro atoms. The Morgan fingerprint density at radius 3 is 1.96 bits per heavy atom. The van der Waals surface area contributed by atoms with E-state index in [1.807, 2.05) is 12.1 Å². The summed E-state index contributed by atoms with van der Waals surface area (Å²) in [5.41, 5.74) is 0.223. The first-order chi connectivity index (χ1) is 12.5. The number of rotatable bonds is 4. The third kappa shape index (κ3) is 5.84. The zero-order valence-electron chi connectivity index (χ0n) is 15.3. The molecule has 2 amide bonds. The monoisotopic (exact) mass is 378 g/mol. The number of nitrogens with one attached hydrogen (secondary N) is 2. The van der Waals surface area contributed by atoms with Gasteiger partial charge in [-0.15, -0.1) is 0 Å². The minimum Gasteiger partial charge on any atom is -0.326 e. The second kappa shape index (κ2) is 7.82. The van der Waals surface area contributed by atoms with Gasteiger partial charge in [0, 0.05) is 5.69 Å². The van der Waals surface area contributed by atoms with E-state index >= 15 is 0 Å². The summed E-state index contributed by atoms with van der Waals surface area (Å²) < 4.78 is 38.8. The number of carbonyl (C=O) groups excluding carboxylic acids is 2. The Bertz CT molecular complexity index is 822. The maximum Gasteiger partial charge on any atom is 0.418 e. The number of carbonyl (C=O) groups is 2. The normalized spacial score (nSPS) is 11.8. The van der Waals surface area contributed by atoms with Crippen molar-refractivity contribution in [3.05, 3.63) is 59.7 Å². The highest BCUT2D eigenvalue weighted by molar-refractivity contribution is 6.08. The molecule has 0 bridgehead atoms. The number of benzene rings is 2. The number of hydrogen-bond acceptors (Lipinski definition) is 2. The lowest BCUT2D eigenvalue weighted by Gasteiger charge is -2.19. The summed E-state index contributed by atoms with van der Waals surface area (Å²) >= 11 is 0. The molecular formula is C20H21F3N2O2. The van der Waals surface area contributed by atoms with Crippen molar-refractivity contribution < 1.29 is 22.8 Å². The van der Waals surface area contributed by atoms with Crippen molar-refractivity contribution in [2.75, 3.05) is 10.6 Å². The van der Waals surface area contributed by atoms with Crippen molar-refractivity contribution in [1.82, 2.24) is 0 Å². The first-order valence-corrected chi connectivity index (χ1v) is 8.33. The molecule has 2 aromatic rings. The molecular weight excluding hydrogens is 357 g/mol. The van der Waals surface area contributed by atoms with Crippen molar-refractivity contribution >= 4 is 23.2 Å². The fraction of sp³-hybridized carbons (Fsp3) is 0.300. The smallest absolute Gasteiger partial charge is 0.326 e. The lowest BCUT2D eigenvalue weighted by Crippen LogP contribution is -2.23. The quantitative estimate of drug-likeness (QED) is 0.738. The Kier molecular flexibility index (Phi) is 5.93. The third-order valence-electron chi connectivity index (χ3n) is 3.86.